The number of hydrogen-bond acceptors (Lipinski definition) is 5. The zero-order chi connectivity index (χ0) is 21.6. The maximum Gasteiger partial charge on any atom is 0.494 e. The molecule has 0 bridgehead atoms. The number of rotatable bonds is 4. The normalized spacial score (nSPS) is 21.5. The maximum absolute atomic E-state index is 13.1. The van der Waals surface area contributed by atoms with Crippen LogP contribution in [0.1, 0.15) is 37.7 Å². The summed E-state index contributed by atoms with van der Waals surface area (Å²) in [5.41, 5.74) is -1.07. The number of alkyl halides is 3. The Bertz CT molecular complexity index is 907. The van der Waals surface area contributed by atoms with Gasteiger partial charge in [0.05, 0.1) is 11.2 Å². The number of aryl methyl sites for hydroxylation is 1. The number of nitrogens with zero attached hydrogens (tertiary/aromatic N) is 1. The van der Waals surface area contributed by atoms with Crippen LogP contribution < -0.4 is 10.9 Å². The van der Waals surface area contributed by atoms with Crippen LogP contribution >= 0.6 is 0 Å². The fraction of sp³-hybridized carbons (Fsp3) is 0.421. The summed E-state index contributed by atoms with van der Waals surface area (Å²) in [6, 6.07) is 9.24. The molecule has 154 valence electrons. The molecule has 1 aliphatic rings. The number of hydrogen-bond donors (Lipinski definition) is 2. The quantitative estimate of drug-likeness (QED) is 0.755. The van der Waals surface area contributed by atoms with Crippen molar-refractivity contribution in [2.24, 2.45) is 0 Å². The van der Waals surface area contributed by atoms with Crippen LogP contribution in [0.3, 0.4) is 0 Å². The molecule has 5 nitrogen and oxygen atoms in total. The third-order valence-electron chi connectivity index (χ3n) is 5.37. The highest BCUT2D eigenvalue weighted by atomic mass is 19.4. The van der Waals surface area contributed by atoms with E-state index in [-0.39, 0.29) is 11.2 Å². The number of benzene rings is 1. The van der Waals surface area contributed by atoms with Crippen LogP contribution in [0.2, 0.25) is 0 Å². The minimum absolute atomic E-state index is 0.220. The highest BCUT2D eigenvalue weighted by Gasteiger charge is 2.54. The molecule has 3 rings (SSSR count). The predicted octanol–water partition coefficient (Wildman–Crippen LogP) is 1.61. The van der Waals surface area contributed by atoms with Gasteiger partial charge in [0.2, 0.25) is 0 Å². The van der Waals surface area contributed by atoms with Crippen molar-refractivity contribution in [2.45, 2.75) is 51.5 Å². The summed E-state index contributed by atoms with van der Waals surface area (Å²) < 4.78 is 51.6. The molecule has 0 amide bonds. The number of halogens is 3. The summed E-state index contributed by atoms with van der Waals surface area (Å²) in [7, 11) is -2.57. The van der Waals surface area contributed by atoms with Crippen molar-refractivity contribution >= 4 is 25.2 Å². The molecule has 0 saturated carbocycles. The van der Waals surface area contributed by atoms with Crippen LogP contribution in [-0.4, -0.2) is 40.5 Å². The lowest BCUT2D eigenvalue weighted by molar-refractivity contribution is -0.141. The van der Waals surface area contributed by atoms with E-state index in [0.717, 1.165) is 11.6 Å². The van der Waals surface area contributed by atoms with Crippen molar-refractivity contribution in [3.05, 3.63) is 53.3 Å². The van der Waals surface area contributed by atoms with E-state index < -0.39 is 37.3 Å². The zero-order valence-electron chi connectivity index (χ0n) is 16.6. The van der Waals surface area contributed by atoms with E-state index in [4.69, 9.17) is 9.31 Å². The van der Waals surface area contributed by atoms with E-state index in [1.807, 2.05) is 26.8 Å². The van der Waals surface area contributed by atoms with Gasteiger partial charge in [0, 0.05) is 12.1 Å². The first-order valence-electron chi connectivity index (χ1n) is 9.17. The van der Waals surface area contributed by atoms with Crippen molar-refractivity contribution in [1.29, 1.82) is 0 Å². The molecule has 0 aliphatic carbocycles. The third-order valence-corrected chi connectivity index (χ3v) is 5.37. The highest BCUT2D eigenvalue weighted by Crippen LogP contribution is 2.40. The molecule has 2 heterocycles. The van der Waals surface area contributed by atoms with Gasteiger partial charge in [0.15, 0.2) is 0 Å². The standard InChI is InChI=1S/C19H22B2F3NO4/c1-12-8-15(10-16(25-12)19(22,23)24)21-28-17(2,3)18(4,29-21)11-13-6-5-7-14(9-13)20(26)27/h5-10,26-27H,11H2,1-4H3. The topological polar surface area (TPSA) is 71.8 Å². The van der Waals surface area contributed by atoms with Crippen molar-refractivity contribution in [3.63, 3.8) is 0 Å². The molecule has 1 saturated heterocycles. The molecule has 10 heteroatoms. The van der Waals surface area contributed by atoms with Gasteiger partial charge in [-0.25, -0.2) is 4.98 Å². The molecule has 1 aromatic carbocycles. The van der Waals surface area contributed by atoms with Crippen molar-refractivity contribution < 1.29 is 32.5 Å². The monoisotopic (exact) mass is 407 g/mol. The van der Waals surface area contributed by atoms with Gasteiger partial charge >= 0.3 is 20.4 Å². The minimum Gasteiger partial charge on any atom is -0.423 e. The van der Waals surface area contributed by atoms with Crippen LogP contribution in [-0.2, 0) is 21.9 Å². The number of aromatic nitrogens is 1. The molecule has 2 aromatic rings. The fourth-order valence-electron chi connectivity index (χ4n) is 3.41. The van der Waals surface area contributed by atoms with Crippen LogP contribution in [0.5, 0.6) is 0 Å². The van der Waals surface area contributed by atoms with Gasteiger partial charge in [-0.1, -0.05) is 24.3 Å². The Hall–Kier alpha value is -1.87. The summed E-state index contributed by atoms with van der Waals surface area (Å²) in [4.78, 5) is 3.56. The first kappa shape index (κ1) is 21.8. The van der Waals surface area contributed by atoms with Crippen LogP contribution in [0.15, 0.2) is 36.4 Å². The first-order valence-corrected chi connectivity index (χ1v) is 9.17. The summed E-state index contributed by atoms with van der Waals surface area (Å²) in [6.07, 6.45) is -4.20. The fourth-order valence-corrected chi connectivity index (χ4v) is 3.41. The predicted molar refractivity (Wildman–Crippen MR) is 104 cm³/mol. The van der Waals surface area contributed by atoms with Gasteiger partial charge in [0.1, 0.15) is 5.69 Å². The second-order valence-corrected chi connectivity index (χ2v) is 8.03. The molecule has 29 heavy (non-hydrogen) atoms. The molecule has 1 unspecified atom stereocenters. The van der Waals surface area contributed by atoms with Gasteiger partial charge in [-0.05, 0) is 56.3 Å². The Morgan fingerprint density at radius 2 is 1.79 bits per heavy atom. The summed E-state index contributed by atoms with van der Waals surface area (Å²) >= 11 is 0. The third kappa shape index (κ3) is 4.50. The second-order valence-electron chi connectivity index (χ2n) is 8.03. The van der Waals surface area contributed by atoms with Crippen LogP contribution in [0, 0.1) is 6.92 Å². The lowest BCUT2D eigenvalue weighted by Gasteiger charge is -2.36. The lowest BCUT2D eigenvalue weighted by Crippen LogP contribution is -2.46. The molecule has 1 aromatic heterocycles. The SMILES string of the molecule is Cc1cc(B2OC(C)(C)C(C)(Cc3cccc(B(O)O)c3)O2)cc(C(F)(F)F)n1. The lowest BCUT2D eigenvalue weighted by atomic mass is 9.77. The zero-order valence-corrected chi connectivity index (χ0v) is 16.6. The Morgan fingerprint density at radius 3 is 2.41 bits per heavy atom. The molecule has 1 fully saturated rings. The van der Waals surface area contributed by atoms with Gasteiger partial charge in [-0.2, -0.15) is 13.2 Å². The number of pyridine rings is 1. The molecule has 1 atom stereocenters. The molecule has 2 N–H and O–H groups in total. The average molecular weight is 407 g/mol. The Labute approximate surface area is 168 Å². The van der Waals surface area contributed by atoms with Gasteiger partial charge in [-0.15, -0.1) is 0 Å². The van der Waals surface area contributed by atoms with E-state index in [2.05, 4.69) is 4.98 Å². The smallest absolute Gasteiger partial charge is 0.423 e. The van der Waals surface area contributed by atoms with E-state index in [1.165, 1.54) is 13.0 Å². The Balaban J connectivity index is 1.90. The Kier molecular flexibility index (Phi) is 5.59. The van der Waals surface area contributed by atoms with Crippen molar-refractivity contribution in [3.8, 4) is 0 Å². The maximum atomic E-state index is 13.1. The van der Waals surface area contributed by atoms with Crippen molar-refractivity contribution in [2.75, 3.05) is 0 Å². The molecule has 0 spiro atoms. The van der Waals surface area contributed by atoms with Gasteiger partial charge < -0.3 is 19.4 Å². The first-order chi connectivity index (χ1) is 13.3. The highest BCUT2D eigenvalue weighted by molar-refractivity contribution is 6.62. The average Bonchev–Trinajstić information content (AvgIpc) is 2.83. The summed E-state index contributed by atoms with van der Waals surface area (Å²) in [5, 5.41) is 18.8. The van der Waals surface area contributed by atoms with E-state index in [0.29, 0.717) is 11.9 Å². The minimum atomic E-state index is -4.57. The van der Waals surface area contributed by atoms with E-state index >= 15 is 0 Å². The molecule has 0 radical (unpaired) electrons. The molecular formula is C19H22B2F3NO4. The van der Waals surface area contributed by atoms with E-state index in [1.54, 1.807) is 18.2 Å². The van der Waals surface area contributed by atoms with E-state index in [9.17, 15) is 23.2 Å². The van der Waals surface area contributed by atoms with Crippen LogP contribution in [0.25, 0.3) is 0 Å². The largest absolute Gasteiger partial charge is 0.494 e. The van der Waals surface area contributed by atoms with Gasteiger partial charge in [0.25, 0.3) is 0 Å². The van der Waals surface area contributed by atoms with Crippen molar-refractivity contribution in [1.82, 2.24) is 4.98 Å². The summed E-state index contributed by atoms with van der Waals surface area (Å²) in [6.45, 7) is 6.95. The second kappa shape index (κ2) is 7.43. The molecule has 1 aliphatic heterocycles. The Morgan fingerprint density at radius 1 is 1.10 bits per heavy atom. The summed E-state index contributed by atoms with van der Waals surface area (Å²) in [5.74, 6) is 0. The molecular weight excluding hydrogens is 385 g/mol. The van der Waals surface area contributed by atoms with Gasteiger partial charge in [-0.3, -0.25) is 0 Å². The van der Waals surface area contributed by atoms with Crippen LogP contribution in [0.4, 0.5) is 13.2 Å².